The van der Waals surface area contributed by atoms with Gasteiger partial charge in [-0.1, -0.05) is 0 Å². The van der Waals surface area contributed by atoms with Crippen molar-refractivity contribution in [2.24, 2.45) is 0 Å². The van der Waals surface area contributed by atoms with Gasteiger partial charge < -0.3 is 4.90 Å². The number of halogens is 1. The molecule has 1 aromatic rings. The molecule has 0 saturated carbocycles. The van der Waals surface area contributed by atoms with E-state index < -0.39 is 10.7 Å². The van der Waals surface area contributed by atoms with Gasteiger partial charge >= 0.3 is 0 Å². The first-order valence-corrected chi connectivity index (χ1v) is 5.20. The number of nitro benzene ring substituents is 1. The van der Waals surface area contributed by atoms with Gasteiger partial charge in [-0.15, -0.1) is 0 Å². The van der Waals surface area contributed by atoms with Gasteiger partial charge in [-0.05, 0) is 26.8 Å². The third kappa shape index (κ3) is 2.29. The predicted molar refractivity (Wildman–Crippen MR) is 61.4 cm³/mol. The Hall–Kier alpha value is -1.65. The molecule has 0 unspecified atom stereocenters. The molecule has 1 rings (SSSR count). The fourth-order valence-corrected chi connectivity index (χ4v) is 1.76. The first-order valence-electron chi connectivity index (χ1n) is 5.20. The van der Waals surface area contributed by atoms with Crippen LogP contribution in [0.25, 0.3) is 0 Å². The minimum atomic E-state index is -0.456. The molecule has 0 amide bonds. The lowest BCUT2D eigenvalue weighted by Crippen LogP contribution is -2.23. The molecule has 0 radical (unpaired) electrons. The van der Waals surface area contributed by atoms with Crippen LogP contribution in [-0.2, 0) is 0 Å². The SMILES string of the molecule is CCN(CC)c1cc(F)cc(C)c1[N+](=O)[O-]. The van der Waals surface area contributed by atoms with Gasteiger partial charge in [0.05, 0.1) is 4.92 Å². The normalized spacial score (nSPS) is 10.2. The Labute approximate surface area is 93.8 Å². The maximum atomic E-state index is 13.3. The average Bonchev–Trinajstić information content (AvgIpc) is 2.17. The van der Waals surface area contributed by atoms with Crippen molar-refractivity contribution in [1.29, 1.82) is 0 Å². The molecular weight excluding hydrogens is 211 g/mol. The zero-order chi connectivity index (χ0) is 12.3. The first-order chi connectivity index (χ1) is 7.51. The van der Waals surface area contributed by atoms with Gasteiger partial charge in [0.2, 0.25) is 0 Å². The maximum Gasteiger partial charge on any atom is 0.295 e. The summed E-state index contributed by atoms with van der Waals surface area (Å²) < 4.78 is 13.3. The number of benzene rings is 1. The summed E-state index contributed by atoms with van der Waals surface area (Å²) in [6.45, 7) is 6.54. The smallest absolute Gasteiger partial charge is 0.295 e. The van der Waals surface area contributed by atoms with Crippen LogP contribution in [0.4, 0.5) is 15.8 Å². The average molecular weight is 226 g/mol. The Kier molecular flexibility index (Phi) is 3.82. The fraction of sp³-hybridized carbons (Fsp3) is 0.455. The number of aryl methyl sites for hydroxylation is 1. The fourth-order valence-electron chi connectivity index (χ4n) is 1.76. The summed E-state index contributed by atoms with van der Waals surface area (Å²) in [5.41, 5.74) is 0.699. The number of nitro groups is 1. The second-order valence-electron chi connectivity index (χ2n) is 3.52. The van der Waals surface area contributed by atoms with E-state index in [1.807, 2.05) is 13.8 Å². The highest BCUT2D eigenvalue weighted by atomic mass is 19.1. The minimum absolute atomic E-state index is 0.00917. The van der Waals surface area contributed by atoms with Crippen molar-refractivity contribution in [3.8, 4) is 0 Å². The van der Waals surface area contributed by atoms with Crippen LogP contribution in [-0.4, -0.2) is 18.0 Å². The van der Waals surface area contributed by atoms with E-state index in [9.17, 15) is 14.5 Å². The molecule has 0 spiro atoms. The predicted octanol–water partition coefficient (Wildman–Crippen LogP) is 2.89. The molecule has 16 heavy (non-hydrogen) atoms. The molecule has 0 bridgehead atoms. The summed E-state index contributed by atoms with van der Waals surface area (Å²) >= 11 is 0. The van der Waals surface area contributed by atoms with Gasteiger partial charge in [0.1, 0.15) is 11.5 Å². The van der Waals surface area contributed by atoms with E-state index in [0.717, 1.165) is 0 Å². The molecule has 0 heterocycles. The topological polar surface area (TPSA) is 46.4 Å². The third-order valence-corrected chi connectivity index (χ3v) is 2.53. The Morgan fingerprint density at radius 3 is 2.38 bits per heavy atom. The molecule has 0 saturated heterocycles. The highest BCUT2D eigenvalue weighted by Gasteiger charge is 2.21. The van der Waals surface area contributed by atoms with Gasteiger partial charge in [0, 0.05) is 24.7 Å². The van der Waals surface area contributed by atoms with Crippen molar-refractivity contribution < 1.29 is 9.31 Å². The Morgan fingerprint density at radius 2 is 1.94 bits per heavy atom. The van der Waals surface area contributed by atoms with Crippen LogP contribution in [0.3, 0.4) is 0 Å². The minimum Gasteiger partial charge on any atom is -0.366 e. The van der Waals surface area contributed by atoms with Crippen molar-refractivity contribution in [2.75, 3.05) is 18.0 Å². The van der Waals surface area contributed by atoms with Crippen molar-refractivity contribution in [3.05, 3.63) is 33.6 Å². The zero-order valence-electron chi connectivity index (χ0n) is 9.66. The quantitative estimate of drug-likeness (QED) is 0.585. The summed E-state index contributed by atoms with van der Waals surface area (Å²) in [4.78, 5) is 12.3. The lowest BCUT2D eigenvalue weighted by atomic mass is 10.1. The second-order valence-corrected chi connectivity index (χ2v) is 3.52. The number of rotatable bonds is 4. The van der Waals surface area contributed by atoms with Crippen molar-refractivity contribution in [1.82, 2.24) is 0 Å². The van der Waals surface area contributed by atoms with Crippen LogP contribution < -0.4 is 4.90 Å². The van der Waals surface area contributed by atoms with E-state index in [2.05, 4.69) is 0 Å². The van der Waals surface area contributed by atoms with Gasteiger partial charge in [-0.2, -0.15) is 0 Å². The van der Waals surface area contributed by atoms with E-state index in [-0.39, 0.29) is 5.69 Å². The number of hydrogen-bond acceptors (Lipinski definition) is 3. The van der Waals surface area contributed by atoms with Crippen molar-refractivity contribution in [3.63, 3.8) is 0 Å². The maximum absolute atomic E-state index is 13.3. The molecule has 0 fully saturated rings. The number of anilines is 1. The first kappa shape index (κ1) is 12.4. The van der Waals surface area contributed by atoms with Gasteiger partial charge in [0.25, 0.3) is 5.69 Å². The molecule has 0 aliphatic carbocycles. The standard InChI is InChI=1S/C11H15FN2O2/c1-4-13(5-2)10-7-9(12)6-8(3)11(10)14(15)16/h6-7H,4-5H2,1-3H3. The zero-order valence-corrected chi connectivity index (χ0v) is 9.66. The second kappa shape index (κ2) is 4.92. The summed E-state index contributed by atoms with van der Waals surface area (Å²) in [6.07, 6.45) is 0. The monoisotopic (exact) mass is 226 g/mol. The summed E-state index contributed by atoms with van der Waals surface area (Å²) in [7, 11) is 0. The highest BCUT2D eigenvalue weighted by Crippen LogP contribution is 2.32. The Morgan fingerprint density at radius 1 is 1.38 bits per heavy atom. The van der Waals surface area contributed by atoms with Crippen molar-refractivity contribution in [2.45, 2.75) is 20.8 Å². The van der Waals surface area contributed by atoms with Crippen LogP contribution in [0.1, 0.15) is 19.4 Å². The molecule has 4 nitrogen and oxygen atoms in total. The van der Waals surface area contributed by atoms with Crippen LogP contribution in [0.5, 0.6) is 0 Å². The molecule has 1 aromatic carbocycles. The molecule has 5 heteroatoms. The number of hydrogen-bond donors (Lipinski definition) is 0. The highest BCUT2D eigenvalue weighted by molar-refractivity contribution is 5.66. The summed E-state index contributed by atoms with van der Waals surface area (Å²) in [5.74, 6) is -0.440. The molecule has 0 aliphatic heterocycles. The van der Waals surface area contributed by atoms with Crippen molar-refractivity contribution >= 4 is 11.4 Å². The van der Waals surface area contributed by atoms with Gasteiger partial charge in [-0.25, -0.2) is 4.39 Å². The molecule has 0 aliphatic rings. The lowest BCUT2D eigenvalue weighted by Gasteiger charge is -2.21. The van der Waals surface area contributed by atoms with E-state index in [4.69, 9.17) is 0 Å². The summed E-state index contributed by atoms with van der Waals surface area (Å²) in [6, 6.07) is 2.41. The van der Waals surface area contributed by atoms with Gasteiger partial charge in [0.15, 0.2) is 0 Å². The molecule has 88 valence electrons. The lowest BCUT2D eigenvalue weighted by molar-refractivity contribution is -0.384. The van der Waals surface area contributed by atoms with Crippen LogP contribution in [0.2, 0.25) is 0 Å². The Bertz CT molecular complexity index is 403. The van der Waals surface area contributed by atoms with Gasteiger partial charge in [-0.3, -0.25) is 10.1 Å². The van der Waals surface area contributed by atoms with E-state index in [1.165, 1.54) is 12.1 Å². The van der Waals surface area contributed by atoms with Crippen LogP contribution in [0.15, 0.2) is 12.1 Å². The third-order valence-electron chi connectivity index (χ3n) is 2.53. The Balaban J connectivity index is 3.39. The van der Waals surface area contributed by atoms with E-state index in [0.29, 0.717) is 24.3 Å². The van der Waals surface area contributed by atoms with Crippen LogP contribution >= 0.6 is 0 Å². The largest absolute Gasteiger partial charge is 0.366 e. The summed E-state index contributed by atoms with van der Waals surface area (Å²) in [5, 5.41) is 10.9. The van der Waals surface area contributed by atoms with E-state index in [1.54, 1.807) is 11.8 Å². The molecular formula is C11H15FN2O2. The van der Waals surface area contributed by atoms with E-state index >= 15 is 0 Å². The van der Waals surface area contributed by atoms with Crippen LogP contribution in [0, 0.1) is 22.9 Å². The molecule has 0 atom stereocenters. The molecule has 0 aromatic heterocycles. The number of nitrogens with zero attached hydrogens (tertiary/aromatic N) is 2. The molecule has 0 N–H and O–H groups in total.